The monoisotopic (exact) mass is 465 g/mol. The maximum atomic E-state index is 4.64. The van der Waals surface area contributed by atoms with Gasteiger partial charge in [0.1, 0.15) is 0 Å². The van der Waals surface area contributed by atoms with Crippen molar-refractivity contribution >= 4 is 52.6 Å². The number of halogens is 1. The van der Waals surface area contributed by atoms with Gasteiger partial charge in [0.2, 0.25) is 0 Å². The molecule has 0 aliphatic carbocycles. The molecule has 0 saturated heterocycles. The summed E-state index contributed by atoms with van der Waals surface area (Å²) in [4.78, 5) is 14.8. The van der Waals surface area contributed by atoms with Crippen LogP contribution in [0.25, 0.3) is 0 Å². The number of rotatable bonds is 6. The van der Waals surface area contributed by atoms with E-state index in [0.29, 0.717) is 6.54 Å². The first kappa shape index (κ1) is 20.3. The highest BCUT2D eigenvalue weighted by Crippen LogP contribution is 2.17. The second-order valence-corrected chi connectivity index (χ2v) is 7.32. The molecule has 2 heterocycles. The molecule has 8 heteroatoms. The standard InChI is InChI=1S/C15H23N5S2.HI/c1-5-16-15(17-7-6-13-9-21-11(3)20-13)18-8-14-10(2)19-12(4)22-14;/h9H,5-8H2,1-4H3,(H2,16,17,18);1H. The van der Waals surface area contributed by atoms with Gasteiger partial charge >= 0.3 is 0 Å². The number of guanidine groups is 1. The minimum atomic E-state index is 0. The third-order valence-electron chi connectivity index (χ3n) is 3.06. The molecular weight excluding hydrogens is 441 g/mol. The smallest absolute Gasteiger partial charge is 0.191 e. The highest BCUT2D eigenvalue weighted by atomic mass is 127. The van der Waals surface area contributed by atoms with Crippen molar-refractivity contribution in [2.45, 2.75) is 40.7 Å². The van der Waals surface area contributed by atoms with Crippen LogP contribution >= 0.6 is 46.7 Å². The van der Waals surface area contributed by atoms with Crippen molar-refractivity contribution in [3.05, 3.63) is 31.7 Å². The summed E-state index contributed by atoms with van der Waals surface area (Å²) in [5.74, 6) is 0.847. The normalized spacial score (nSPS) is 11.2. The predicted octanol–water partition coefficient (Wildman–Crippen LogP) is 3.44. The van der Waals surface area contributed by atoms with E-state index in [9.17, 15) is 0 Å². The fraction of sp³-hybridized carbons (Fsp3) is 0.533. The number of thiazole rings is 2. The van der Waals surface area contributed by atoms with Gasteiger partial charge in [-0.15, -0.1) is 46.7 Å². The molecule has 2 N–H and O–H groups in total. The Labute approximate surface area is 163 Å². The van der Waals surface area contributed by atoms with E-state index in [1.165, 1.54) is 4.88 Å². The van der Waals surface area contributed by atoms with E-state index in [2.05, 4.69) is 37.9 Å². The zero-order valence-electron chi connectivity index (χ0n) is 14.0. The first-order valence-corrected chi connectivity index (χ1v) is 9.14. The van der Waals surface area contributed by atoms with E-state index in [-0.39, 0.29) is 24.0 Å². The summed E-state index contributed by atoms with van der Waals surface area (Å²) in [6, 6.07) is 0. The van der Waals surface area contributed by atoms with Crippen molar-refractivity contribution < 1.29 is 0 Å². The maximum absolute atomic E-state index is 4.64. The van der Waals surface area contributed by atoms with E-state index >= 15 is 0 Å². The molecule has 0 unspecified atom stereocenters. The Kier molecular flexibility index (Phi) is 9.00. The molecule has 0 radical (unpaired) electrons. The number of nitrogens with zero attached hydrogens (tertiary/aromatic N) is 3. The molecule has 0 bridgehead atoms. The molecule has 2 aromatic heterocycles. The fourth-order valence-electron chi connectivity index (χ4n) is 2.04. The van der Waals surface area contributed by atoms with Crippen LogP contribution in [-0.2, 0) is 13.0 Å². The Balaban J connectivity index is 0.00000264. The lowest BCUT2D eigenvalue weighted by molar-refractivity contribution is 0.790. The number of nitrogens with one attached hydrogen (secondary N) is 2. The van der Waals surface area contributed by atoms with Gasteiger partial charge in [0.05, 0.1) is 27.9 Å². The Hall–Kier alpha value is -0.740. The van der Waals surface area contributed by atoms with Crippen LogP contribution in [0.2, 0.25) is 0 Å². The van der Waals surface area contributed by atoms with E-state index in [0.717, 1.165) is 46.9 Å². The van der Waals surface area contributed by atoms with Crippen molar-refractivity contribution in [3.8, 4) is 0 Å². The molecule has 2 aromatic rings. The summed E-state index contributed by atoms with van der Waals surface area (Å²) in [7, 11) is 0. The number of aromatic nitrogens is 2. The van der Waals surface area contributed by atoms with Crippen molar-refractivity contribution in [3.63, 3.8) is 0 Å². The van der Waals surface area contributed by atoms with Gasteiger partial charge in [-0.05, 0) is 27.7 Å². The lowest BCUT2D eigenvalue weighted by Crippen LogP contribution is -2.38. The Morgan fingerprint density at radius 1 is 1.17 bits per heavy atom. The third-order valence-corrected chi connectivity index (χ3v) is 4.94. The highest BCUT2D eigenvalue weighted by molar-refractivity contribution is 14.0. The van der Waals surface area contributed by atoms with E-state index in [4.69, 9.17) is 0 Å². The van der Waals surface area contributed by atoms with Crippen LogP contribution in [0, 0.1) is 20.8 Å². The molecule has 2 rings (SSSR count). The van der Waals surface area contributed by atoms with Crippen LogP contribution in [0.15, 0.2) is 10.4 Å². The van der Waals surface area contributed by atoms with E-state index < -0.39 is 0 Å². The number of aliphatic imine (C=N–C) groups is 1. The maximum Gasteiger partial charge on any atom is 0.191 e. The van der Waals surface area contributed by atoms with Crippen molar-refractivity contribution in [2.75, 3.05) is 13.1 Å². The Morgan fingerprint density at radius 2 is 1.96 bits per heavy atom. The van der Waals surface area contributed by atoms with Gasteiger partial charge in [-0.25, -0.2) is 15.0 Å². The van der Waals surface area contributed by atoms with Gasteiger partial charge < -0.3 is 10.6 Å². The summed E-state index contributed by atoms with van der Waals surface area (Å²) >= 11 is 3.41. The van der Waals surface area contributed by atoms with Crippen LogP contribution in [0.5, 0.6) is 0 Å². The van der Waals surface area contributed by atoms with Gasteiger partial charge in [0.15, 0.2) is 5.96 Å². The SMILES string of the molecule is CCNC(=NCc1sc(C)nc1C)NCCc1csc(C)n1.I. The second kappa shape index (κ2) is 10.2. The third kappa shape index (κ3) is 6.72. The lowest BCUT2D eigenvalue weighted by Gasteiger charge is -2.10. The van der Waals surface area contributed by atoms with Gasteiger partial charge in [-0.1, -0.05) is 0 Å². The van der Waals surface area contributed by atoms with Crippen LogP contribution in [-0.4, -0.2) is 29.0 Å². The summed E-state index contributed by atoms with van der Waals surface area (Å²) in [6.07, 6.45) is 0.910. The van der Waals surface area contributed by atoms with Gasteiger partial charge in [0, 0.05) is 29.8 Å². The minimum Gasteiger partial charge on any atom is -0.357 e. The molecule has 0 atom stereocenters. The lowest BCUT2D eigenvalue weighted by atomic mass is 10.3. The second-order valence-electron chi connectivity index (χ2n) is 4.97. The largest absolute Gasteiger partial charge is 0.357 e. The zero-order chi connectivity index (χ0) is 15.9. The van der Waals surface area contributed by atoms with Gasteiger partial charge in [-0.3, -0.25) is 0 Å². The van der Waals surface area contributed by atoms with Gasteiger partial charge in [-0.2, -0.15) is 0 Å². The first-order chi connectivity index (χ1) is 10.6. The Morgan fingerprint density at radius 3 is 2.52 bits per heavy atom. The number of hydrogen-bond donors (Lipinski definition) is 2. The van der Waals surface area contributed by atoms with Crippen molar-refractivity contribution in [1.82, 2.24) is 20.6 Å². The average Bonchev–Trinajstić information content (AvgIpc) is 3.01. The predicted molar refractivity (Wildman–Crippen MR) is 110 cm³/mol. The molecule has 23 heavy (non-hydrogen) atoms. The summed E-state index contributed by atoms with van der Waals surface area (Å²) in [5, 5.41) is 11.0. The van der Waals surface area contributed by atoms with Crippen LogP contribution in [0.1, 0.15) is 33.2 Å². The zero-order valence-corrected chi connectivity index (χ0v) is 17.9. The van der Waals surface area contributed by atoms with Gasteiger partial charge in [0.25, 0.3) is 0 Å². The molecule has 0 amide bonds. The summed E-state index contributed by atoms with van der Waals surface area (Å²) in [6.45, 7) is 10.5. The summed E-state index contributed by atoms with van der Waals surface area (Å²) < 4.78 is 0. The molecule has 0 aromatic carbocycles. The topological polar surface area (TPSA) is 62.2 Å². The van der Waals surface area contributed by atoms with Crippen molar-refractivity contribution in [1.29, 1.82) is 0 Å². The molecule has 0 aliphatic rings. The molecule has 0 fully saturated rings. The molecule has 0 spiro atoms. The number of aryl methyl sites for hydroxylation is 3. The first-order valence-electron chi connectivity index (χ1n) is 7.44. The molecular formula is C15H24IN5S2. The number of hydrogen-bond acceptors (Lipinski definition) is 5. The van der Waals surface area contributed by atoms with Crippen LogP contribution < -0.4 is 10.6 Å². The minimum absolute atomic E-state index is 0. The van der Waals surface area contributed by atoms with Crippen LogP contribution in [0.4, 0.5) is 0 Å². The van der Waals surface area contributed by atoms with Crippen molar-refractivity contribution in [2.24, 2.45) is 4.99 Å². The Bertz CT molecular complexity index is 636. The van der Waals surface area contributed by atoms with Crippen LogP contribution in [0.3, 0.4) is 0 Å². The van der Waals surface area contributed by atoms with E-state index in [1.807, 2.05) is 20.8 Å². The molecule has 0 saturated carbocycles. The molecule has 0 aliphatic heterocycles. The fourth-order valence-corrected chi connectivity index (χ4v) is 3.55. The van der Waals surface area contributed by atoms with E-state index in [1.54, 1.807) is 22.7 Å². The quantitative estimate of drug-likeness (QED) is 0.390. The molecule has 128 valence electrons. The average molecular weight is 465 g/mol. The summed E-state index contributed by atoms with van der Waals surface area (Å²) in [5.41, 5.74) is 2.22. The molecule has 5 nitrogen and oxygen atoms in total. The highest BCUT2D eigenvalue weighted by Gasteiger charge is 2.05.